The molecular formula is C12H16F3NO. The minimum absolute atomic E-state index is 0.227. The van der Waals surface area contributed by atoms with Gasteiger partial charge in [0.15, 0.2) is 0 Å². The molecule has 1 amide bonds. The van der Waals surface area contributed by atoms with Gasteiger partial charge in [0.25, 0.3) is 0 Å². The van der Waals surface area contributed by atoms with Gasteiger partial charge in [0, 0.05) is 12.1 Å². The topological polar surface area (TPSA) is 29.1 Å². The maximum Gasteiger partial charge on any atom is 0.416 e. The average molecular weight is 247 g/mol. The van der Waals surface area contributed by atoms with Crippen molar-refractivity contribution in [2.45, 2.75) is 33.4 Å². The lowest BCUT2D eigenvalue weighted by Crippen LogP contribution is -2.10. The summed E-state index contributed by atoms with van der Waals surface area (Å²) in [7, 11) is 0. The van der Waals surface area contributed by atoms with E-state index in [0.717, 1.165) is 12.1 Å². The molecule has 5 heteroatoms. The third kappa shape index (κ3) is 5.38. The van der Waals surface area contributed by atoms with Crippen LogP contribution in [0.3, 0.4) is 0 Å². The summed E-state index contributed by atoms with van der Waals surface area (Å²) >= 11 is 0. The molecule has 17 heavy (non-hydrogen) atoms. The lowest BCUT2D eigenvalue weighted by molar-refractivity contribution is -0.137. The SMILES string of the molecule is CC.CCC(=O)Nc1ccc(C(F)(F)F)cc1. The van der Waals surface area contributed by atoms with Gasteiger partial charge in [0.1, 0.15) is 0 Å². The number of hydrogen-bond acceptors (Lipinski definition) is 1. The Morgan fingerprint density at radius 2 is 1.65 bits per heavy atom. The summed E-state index contributed by atoms with van der Waals surface area (Å²) in [5.74, 6) is -0.227. The molecule has 0 atom stereocenters. The van der Waals surface area contributed by atoms with Crippen LogP contribution in [-0.4, -0.2) is 5.91 Å². The fourth-order valence-electron chi connectivity index (χ4n) is 0.992. The van der Waals surface area contributed by atoms with Crippen LogP contribution in [0.1, 0.15) is 32.8 Å². The number of halogens is 3. The minimum atomic E-state index is -4.34. The summed E-state index contributed by atoms with van der Waals surface area (Å²) in [6, 6.07) is 4.34. The number of carbonyl (C=O) groups excluding carboxylic acids is 1. The molecule has 0 aliphatic carbocycles. The van der Waals surface area contributed by atoms with E-state index in [1.807, 2.05) is 13.8 Å². The van der Waals surface area contributed by atoms with Crippen LogP contribution in [0.5, 0.6) is 0 Å². The van der Waals surface area contributed by atoms with E-state index in [2.05, 4.69) is 5.32 Å². The zero-order valence-electron chi connectivity index (χ0n) is 10.1. The predicted molar refractivity (Wildman–Crippen MR) is 61.7 cm³/mol. The second kappa shape index (κ2) is 6.93. The van der Waals surface area contributed by atoms with E-state index in [1.54, 1.807) is 6.92 Å². The highest BCUT2D eigenvalue weighted by atomic mass is 19.4. The standard InChI is InChI=1S/C10H10F3NO.C2H6/c1-2-9(15)14-8-5-3-7(4-6-8)10(11,12)13;1-2/h3-6H,2H2,1H3,(H,14,15);1-2H3. The van der Waals surface area contributed by atoms with Crippen LogP contribution in [0, 0.1) is 0 Å². The summed E-state index contributed by atoms with van der Waals surface area (Å²) < 4.78 is 36.5. The van der Waals surface area contributed by atoms with Crippen molar-refractivity contribution in [2.75, 3.05) is 5.32 Å². The fraction of sp³-hybridized carbons (Fsp3) is 0.417. The molecule has 1 N–H and O–H groups in total. The van der Waals surface area contributed by atoms with E-state index in [1.165, 1.54) is 12.1 Å². The monoisotopic (exact) mass is 247 g/mol. The maximum atomic E-state index is 12.2. The Hall–Kier alpha value is -1.52. The van der Waals surface area contributed by atoms with Gasteiger partial charge in [-0.3, -0.25) is 4.79 Å². The average Bonchev–Trinajstić information content (AvgIpc) is 2.31. The van der Waals surface area contributed by atoms with Crippen LogP contribution in [-0.2, 0) is 11.0 Å². The molecule has 1 rings (SSSR count). The maximum absolute atomic E-state index is 12.2. The Labute approximate surface area is 98.8 Å². The summed E-state index contributed by atoms with van der Waals surface area (Å²) in [5.41, 5.74) is -0.355. The molecule has 0 spiro atoms. The van der Waals surface area contributed by atoms with Gasteiger partial charge in [-0.2, -0.15) is 13.2 Å². The van der Waals surface area contributed by atoms with Gasteiger partial charge in [0.2, 0.25) is 5.91 Å². The Kier molecular flexibility index (Phi) is 6.31. The number of benzene rings is 1. The number of anilines is 1. The van der Waals surface area contributed by atoms with Gasteiger partial charge in [-0.15, -0.1) is 0 Å². The van der Waals surface area contributed by atoms with Crippen LogP contribution in [0.15, 0.2) is 24.3 Å². The van der Waals surface area contributed by atoms with E-state index in [4.69, 9.17) is 0 Å². The van der Waals surface area contributed by atoms with Crippen molar-refractivity contribution < 1.29 is 18.0 Å². The molecule has 1 aromatic carbocycles. The van der Waals surface area contributed by atoms with Crippen LogP contribution in [0.4, 0.5) is 18.9 Å². The van der Waals surface area contributed by atoms with Gasteiger partial charge in [-0.25, -0.2) is 0 Å². The lowest BCUT2D eigenvalue weighted by atomic mass is 10.2. The van der Waals surface area contributed by atoms with Crippen molar-refractivity contribution in [3.63, 3.8) is 0 Å². The Bertz CT molecular complexity index is 344. The highest BCUT2D eigenvalue weighted by molar-refractivity contribution is 5.90. The van der Waals surface area contributed by atoms with Crippen molar-refractivity contribution in [1.82, 2.24) is 0 Å². The molecule has 0 saturated heterocycles. The van der Waals surface area contributed by atoms with Crippen LogP contribution < -0.4 is 5.32 Å². The normalized spacial score (nSPS) is 10.2. The minimum Gasteiger partial charge on any atom is -0.326 e. The van der Waals surface area contributed by atoms with Crippen molar-refractivity contribution in [3.8, 4) is 0 Å². The molecule has 0 aliphatic heterocycles. The molecule has 0 radical (unpaired) electrons. The Morgan fingerprint density at radius 3 is 2.00 bits per heavy atom. The van der Waals surface area contributed by atoms with E-state index in [0.29, 0.717) is 12.1 Å². The quantitative estimate of drug-likeness (QED) is 0.838. The number of alkyl halides is 3. The van der Waals surface area contributed by atoms with Crippen LogP contribution >= 0.6 is 0 Å². The molecule has 0 aliphatic rings. The highest BCUT2D eigenvalue weighted by Gasteiger charge is 2.29. The van der Waals surface area contributed by atoms with Crippen molar-refractivity contribution in [1.29, 1.82) is 0 Å². The first-order valence-corrected chi connectivity index (χ1v) is 5.40. The van der Waals surface area contributed by atoms with Gasteiger partial charge < -0.3 is 5.32 Å². The van der Waals surface area contributed by atoms with Gasteiger partial charge in [-0.1, -0.05) is 20.8 Å². The van der Waals surface area contributed by atoms with Gasteiger partial charge in [-0.05, 0) is 24.3 Å². The Morgan fingerprint density at radius 1 is 1.18 bits per heavy atom. The number of nitrogens with one attached hydrogen (secondary N) is 1. The molecule has 2 nitrogen and oxygen atoms in total. The van der Waals surface area contributed by atoms with Crippen molar-refractivity contribution in [3.05, 3.63) is 29.8 Å². The zero-order valence-corrected chi connectivity index (χ0v) is 10.1. The number of rotatable bonds is 2. The molecular weight excluding hydrogens is 231 g/mol. The van der Waals surface area contributed by atoms with E-state index < -0.39 is 11.7 Å². The third-order valence-corrected chi connectivity index (χ3v) is 1.82. The first kappa shape index (κ1) is 15.5. The molecule has 0 bridgehead atoms. The summed E-state index contributed by atoms with van der Waals surface area (Å²) in [5, 5.41) is 2.46. The summed E-state index contributed by atoms with van der Waals surface area (Å²) in [6.45, 7) is 5.67. The van der Waals surface area contributed by atoms with Crippen molar-refractivity contribution >= 4 is 11.6 Å². The van der Waals surface area contributed by atoms with Crippen LogP contribution in [0.25, 0.3) is 0 Å². The second-order valence-corrected chi connectivity index (χ2v) is 2.98. The molecule has 0 saturated carbocycles. The molecule has 0 heterocycles. The molecule has 96 valence electrons. The summed E-state index contributed by atoms with van der Waals surface area (Å²) in [4.78, 5) is 10.9. The zero-order chi connectivity index (χ0) is 13.5. The van der Waals surface area contributed by atoms with E-state index in [-0.39, 0.29) is 5.91 Å². The third-order valence-electron chi connectivity index (χ3n) is 1.82. The molecule has 1 aromatic rings. The first-order valence-electron chi connectivity index (χ1n) is 5.40. The Balaban J connectivity index is 0.00000121. The number of carbonyl (C=O) groups is 1. The van der Waals surface area contributed by atoms with E-state index >= 15 is 0 Å². The largest absolute Gasteiger partial charge is 0.416 e. The fourth-order valence-corrected chi connectivity index (χ4v) is 0.992. The molecule has 0 aromatic heterocycles. The van der Waals surface area contributed by atoms with Crippen molar-refractivity contribution in [2.24, 2.45) is 0 Å². The lowest BCUT2D eigenvalue weighted by Gasteiger charge is -2.08. The van der Waals surface area contributed by atoms with Gasteiger partial charge >= 0.3 is 6.18 Å². The first-order chi connectivity index (χ1) is 7.93. The highest BCUT2D eigenvalue weighted by Crippen LogP contribution is 2.29. The van der Waals surface area contributed by atoms with Gasteiger partial charge in [0.05, 0.1) is 5.56 Å². The second-order valence-electron chi connectivity index (χ2n) is 2.98. The molecule has 0 unspecified atom stereocenters. The number of hydrogen-bond donors (Lipinski definition) is 1. The number of amides is 1. The smallest absolute Gasteiger partial charge is 0.326 e. The predicted octanol–water partition coefficient (Wildman–Crippen LogP) is 4.08. The summed E-state index contributed by atoms with van der Waals surface area (Å²) in [6.07, 6.45) is -4.05. The van der Waals surface area contributed by atoms with E-state index in [9.17, 15) is 18.0 Å². The van der Waals surface area contributed by atoms with Crippen LogP contribution in [0.2, 0.25) is 0 Å². The molecule has 0 fully saturated rings.